The molecule has 3 heteroatoms. The summed E-state index contributed by atoms with van der Waals surface area (Å²) in [5, 5.41) is 0. The maximum Gasteiger partial charge on any atom is 0.0636 e. The van der Waals surface area contributed by atoms with Crippen LogP contribution in [0.3, 0.4) is 0 Å². The molecule has 3 aromatic rings. The summed E-state index contributed by atoms with van der Waals surface area (Å²) in [6, 6.07) is 32.1. The van der Waals surface area contributed by atoms with Gasteiger partial charge in [-0.2, -0.15) is 0 Å². The molecular formula is C24H29N3. The zero-order valence-electron chi connectivity index (χ0n) is 16.5. The lowest BCUT2D eigenvalue weighted by molar-refractivity contribution is 0.613. The Labute approximate surface area is 163 Å². The molecule has 0 saturated carbocycles. The van der Waals surface area contributed by atoms with Gasteiger partial charge in [0.1, 0.15) is 0 Å². The number of nitrogens with zero attached hydrogens (tertiary/aromatic N) is 3. The third kappa shape index (κ3) is 5.04. The molecule has 3 nitrogen and oxygen atoms in total. The second-order valence-electron chi connectivity index (χ2n) is 7.03. The normalized spacial score (nSPS) is 10.7. The van der Waals surface area contributed by atoms with Gasteiger partial charge in [0.15, 0.2) is 0 Å². The highest BCUT2D eigenvalue weighted by Gasteiger charge is 2.20. The van der Waals surface area contributed by atoms with Crippen molar-refractivity contribution < 1.29 is 0 Å². The van der Waals surface area contributed by atoms with Crippen LogP contribution in [0.5, 0.6) is 0 Å². The number of benzene rings is 3. The van der Waals surface area contributed by atoms with Gasteiger partial charge < -0.3 is 14.7 Å². The van der Waals surface area contributed by atoms with Gasteiger partial charge in [0.25, 0.3) is 0 Å². The maximum atomic E-state index is 2.39. The van der Waals surface area contributed by atoms with Gasteiger partial charge in [-0.1, -0.05) is 54.6 Å². The van der Waals surface area contributed by atoms with Crippen molar-refractivity contribution in [2.24, 2.45) is 0 Å². The molecule has 0 atom stereocenters. The van der Waals surface area contributed by atoms with E-state index in [0.29, 0.717) is 6.04 Å². The number of hydrogen-bond acceptors (Lipinski definition) is 3. The van der Waals surface area contributed by atoms with Crippen LogP contribution < -0.4 is 14.7 Å². The van der Waals surface area contributed by atoms with Crippen LogP contribution in [0, 0.1) is 0 Å². The standard InChI is InChI=1S/C24H29N3/c1-25(21-13-7-4-8-14-21)19-24(27(3)23-17-11-6-12-18-23)20-26(2)22-15-9-5-10-16-22/h4-18,24H,19-20H2,1-3H3. The predicted molar refractivity (Wildman–Crippen MR) is 118 cm³/mol. The van der Waals surface area contributed by atoms with Crippen LogP contribution in [-0.2, 0) is 0 Å². The first kappa shape index (κ1) is 18.8. The van der Waals surface area contributed by atoms with Gasteiger partial charge in [-0.3, -0.25) is 0 Å². The van der Waals surface area contributed by atoms with Crippen LogP contribution >= 0.6 is 0 Å². The largest absolute Gasteiger partial charge is 0.372 e. The van der Waals surface area contributed by atoms with E-state index in [9.17, 15) is 0 Å². The number of likely N-dealkylation sites (N-methyl/N-ethyl adjacent to an activating group) is 3. The Kier molecular flexibility index (Phi) is 6.37. The summed E-state index contributed by atoms with van der Waals surface area (Å²) in [5.74, 6) is 0. The predicted octanol–water partition coefficient (Wildman–Crippen LogP) is 4.76. The van der Waals surface area contributed by atoms with Gasteiger partial charge in [0.2, 0.25) is 0 Å². The lowest BCUT2D eigenvalue weighted by Crippen LogP contribution is -2.47. The molecule has 3 rings (SSSR count). The second-order valence-corrected chi connectivity index (χ2v) is 7.03. The van der Waals surface area contributed by atoms with Crippen molar-refractivity contribution >= 4 is 17.1 Å². The Morgan fingerprint density at radius 3 is 1.22 bits per heavy atom. The number of hydrogen-bond donors (Lipinski definition) is 0. The van der Waals surface area contributed by atoms with Crippen molar-refractivity contribution in [3.63, 3.8) is 0 Å². The Morgan fingerprint density at radius 2 is 0.852 bits per heavy atom. The van der Waals surface area contributed by atoms with E-state index < -0.39 is 0 Å². The molecule has 0 N–H and O–H groups in total. The third-order valence-electron chi connectivity index (χ3n) is 5.07. The van der Waals surface area contributed by atoms with Gasteiger partial charge in [-0.15, -0.1) is 0 Å². The summed E-state index contributed by atoms with van der Waals surface area (Å²) in [7, 11) is 6.53. The first-order chi connectivity index (χ1) is 13.1. The fourth-order valence-corrected chi connectivity index (χ4v) is 3.38. The molecule has 0 bridgehead atoms. The molecule has 0 saturated heterocycles. The van der Waals surface area contributed by atoms with Crippen LogP contribution in [0.4, 0.5) is 17.1 Å². The minimum Gasteiger partial charge on any atom is -0.372 e. The topological polar surface area (TPSA) is 9.72 Å². The Morgan fingerprint density at radius 1 is 0.519 bits per heavy atom. The molecule has 0 unspecified atom stereocenters. The molecular weight excluding hydrogens is 330 g/mol. The van der Waals surface area contributed by atoms with E-state index in [1.807, 2.05) is 0 Å². The summed E-state index contributed by atoms with van der Waals surface area (Å²) in [6.45, 7) is 1.87. The lowest BCUT2D eigenvalue weighted by Gasteiger charge is -2.37. The van der Waals surface area contributed by atoms with Crippen molar-refractivity contribution in [3.8, 4) is 0 Å². The van der Waals surface area contributed by atoms with Gasteiger partial charge in [-0.25, -0.2) is 0 Å². The Hall–Kier alpha value is -2.94. The van der Waals surface area contributed by atoms with Gasteiger partial charge in [-0.05, 0) is 36.4 Å². The summed E-state index contributed by atoms with van der Waals surface area (Å²) in [4.78, 5) is 7.06. The highest BCUT2D eigenvalue weighted by atomic mass is 15.2. The van der Waals surface area contributed by atoms with E-state index in [1.165, 1.54) is 17.1 Å². The molecule has 0 radical (unpaired) electrons. The van der Waals surface area contributed by atoms with Crippen LogP contribution in [-0.4, -0.2) is 40.3 Å². The lowest BCUT2D eigenvalue weighted by atomic mass is 10.1. The quantitative estimate of drug-likeness (QED) is 0.574. The third-order valence-corrected chi connectivity index (χ3v) is 5.07. The Balaban J connectivity index is 1.79. The van der Waals surface area contributed by atoms with E-state index in [4.69, 9.17) is 0 Å². The number of para-hydroxylation sites is 3. The highest BCUT2D eigenvalue weighted by molar-refractivity contribution is 5.51. The summed E-state index contributed by atoms with van der Waals surface area (Å²) in [5.41, 5.74) is 3.73. The summed E-state index contributed by atoms with van der Waals surface area (Å²) in [6.07, 6.45) is 0. The second kappa shape index (κ2) is 9.13. The zero-order chi connectivity index (χ0) is 19.1. The average Bonchev–Trinajstić information content (AvgIpc) is 2.74. The monoisotopic (exact) mass is 359 g/mol. The van der Waals surface area contributed by atoms with Gasteiger partial charge >= 0.3 is 0 Å². The smallest absolute Gasteiger partial charge is 0.0636 e. The van der Waals surface area contributed by atoms with Crippen LogP contribution in [0.15, 0.2) is 91.0 Å². The molecule has 0 aliphatic heterocycles. The van der Waals surface area contributed by atoms with E-state index in [0.717, 1.165) is 13.1 Å². The van der Waals surface area contributed by atoms with Crippen LogP contribution in [0.1, 0.15) is 0 Å². The van der Waals surface area contributed by atoms with E-state index >= 15 is 0 Å². The molecule has 140 valence electrons. The van der Waals surface area contributed by atoms with Crippen molar-refractivity contribution in [2.45, 2.75) is 6.04 Å². The van der Waals surface area contributed by atoms with Crippen LogP contribution in [0.25, 0.3) is 0 Å². The van der Waals surface area contributed by atoms with E-state index in [2.05, 4.69) is 127 Å². The zero-order valence-corrected chi connectivity index (χ0v) is 16.5. The first-order valence-electron chi connectivity index (χ1n) is 9.45. The first-order valence-corrected chi connectivity index (χ1v) is 9.45. The molecule has 27 heavy (non-hydrogen) atoms. The molecule has 0 aromatic heterocycles. The molecule has 0 fully saturated rings. The molecule has 0 spiro atoms. The van der Waals surface area contributed by atoms with E-state index in [1.54, 1.807) is 0 Å². The fraction of sp³-hybridized carbons (Fsp3) is 0.250. The van der Waals surface area contributed by atoms with Gasteiger partial charge in [0.05, 0.1) is 6.04 Å². The molecule has 0 aliphatic carbocycles. The minimum absolute atomic E-state index is 0.336. The SMILES string of the molecule is CN(CC(CN(C)c1ccccc1)N(C)c1ccccc1)c1ccccc1. The summed E-state index contributed by atoms with van der Waals surface area (Å²) < 4.78 is 0. The van der Waals surface area contributed by atoms with Crippen molar-refractivity contribution in [1.82, 2.24) is 0 Å². The minimum atomic E-state index is 0.336. The molecule has 3 aromatic carbocycles. The number of rotatable bonds is 8. The van der Waals surface area contributed by atoms with Crippen LogP contribution in [0.2, 0.25) is 0 Å². The van der Waals surface area contributed by atoms with Gasteiger partial charge in [0, 0.05) is 51.3 Å². The van der Waals surface area contributed by atoms with Crippen molar-refractivity contribution in [3.05, 3.63) is 91.0 Å². The number of anilines is 3. The summed E-state index contributed by atoms with van der Waals surface area (Å²) >= 11 is 0. The maximum absolute atomic E-state index is 2.39. The molecule has 0 heterocycles. The molecule has 0 aliphatic rings. The van der Waals surface area contributed by atoms with Crippen molar-refractivity contribution in [1.29, 1.82) is 0 Å². The Bertz CT molecular complexity index is 742. The fourth-order valence-electron chi connectivity index (χ4n) is 3.38. The van der Waals surface area contributed by atoms with Crippen molar-refractivity contribution in [2.75, 3.05) is 48.9 Å². The van der Waals surface area contributed by atoms with E-state index in [-0.39, 0.29) is 0 Å². The average molecular weight is 360 g/mol. The highest BCUT2D eigenvalue weighted by Crippen LogP contribution is 2.20. The molecule has 0 amide bonds.